The van der Waals surface area contributed by atoms with Crippen LogP contribution in [0.4, 0.5) is 0 Å². The van der Waals surface area contributed by atoms with Gasteiger partial charge in [0.1, 0.15) is 16.4 Å². The molecule has 0 spiro atoms. The molecule has 0 radical (unpaired) electrons. The van der Waals surface area contributed by atoms with Crippen LogP contribution in [0, 0.1) is 13.8 Å². The van der Waals surface area contributed by atoms with E-state index in [1.54, 1.807) is 13.8 Å². The van der Waals surface area contributed by atoms with Gasteiger partial charge in [0, 0.05) is 24.2 Å². The van der Waals surface area contributed by atoms with Gasteiger partial charge in [-0.25, -0.2) is 13.1 Å². The van der Waals surface area contributed by atoms with Crippen molar-refractivity contribution >= 4 is 10.0 Å². The Morgan fingerprint density at radius 2 is 1.90 bits per heavy atom. The molecule has 0 unspecified atom stereocenters. The Bertz CT molecular complexity index is 616. The maximum absolute atomic E-state index is 12.6. The minimum atomic E-state index is -3.61. The lowest BCUT2D eigenvalue weighted by Gasteiger charge is -2.47. The van der Waals surface area contributed by atoms with Gasteiger partial charge in [-0.2, -0.15) is 0 Å². The molecule has 1 aromatic rings. The van der Waals surface area contributed by atoms with Crippen molar-refractivity contribution in [3.8, 4) is 0 Å². The molecule has 0 aliphatic heterocycles. The van der Waals surface area contributed by atoms with Crippen molar-refractivity contribution in [1.82, 2.24) is 9.62 Å². The third-order valence-electron chi connectivity index (χ3n) is 4.62. The molecule has 3 N–H and O–H groups in total. The molecule has 0 aromatic carbocycles. The highest BCUT2D eigenvalue weighted by atomic mass is 32.2. The number of sulfonamides is 1. The lowest BCUT2D eigenvalue weighted by molar-refractivity contribution is 0.0656. The van der Waals surface area contributed by atoms with E-state index in [-0.39, 0.29) is 17.0 Å². The van der Waals surface area contributed by atoms with Crippen LogP contribution < -0.4 is 10.5 Å². The number of nitrogens with one attached hydrogen (secondary N) is 1. The fourth-order valence-corrected chi connectivity index (χ4v) is 4.54. The van der Waals surface area contributed by atoms with Crippen LogP contribution in [0.1, 0.15) is 36.3 Å². The third kappa shape index (κ3) is 2.88. The van der Waals surface area contributed by atoms with E-state index < -0.39 is 10.0 Å². The Morgan fingerprint density at radius 1 is 1.29 bits per heavy atom. The van der Waals surface area contributed by atoms with Gasteiger partial charge in [-0.05, 0) is 47.2 Å². The quantitative estimate of drug-likeness (QED) is 0.821. The molecule has 2 rings (SSSR count). The Morgan fingerprint density at radius 3 is 2.33 bits per heavy atom. The van der Waals surface area contributed by atoms with Gasteiger partial charge in [-0.15, -0.1) is 0 Å². The van der Waals surface area contributed by atoms with E-state index >= 15 is 0 Å². The topological polar surface area (TPSA) is 88.6 Å². The van der Waals surface area contributed by atoms with Gasteiger partial charge < -0.3 is 15.1 Å². The molecule has 1 aliphatic rings. The van der Waals surface area contributed by atoms with E-state index in [9.17, 15) is 8.42 Å². The summed E-state index contributed by atoms with van der Waals surface area (Å²) in [4.78, 5) is 2.31. The monoisotopic (exact) mass is 315 g/mol. The standard InChI is InChI=1S/C14H25N3O3S/c1-10-12(8-15)13(11(2)20-10)21(18,19)16-9-14(17(3)4)6-5-7-14/h16H,5-9,15H2,1-4H3. The van der Waals surface area contributed by atoms with E-state index in [0.29, 0.717) is 23.6 Å². The van der Waals surface area contributed by atoms with Gasteiger partial charge in [0.25, 0.3) is 0 Å². The van der Waals surface area contributed by atoms with Crippen LogP contribution in [0.25, 0.3) is 0 Å². The lowest BCUT2D eigenvalue weighted by Crippen LogP contribution is -2.57. The molecule has 0 bridgehead atoms. The Hall–Kier alpha value is -0.890. The third-order valence-corrected chi connectivity index (χ3v) is 6.22. The molecule has 21 heavy (non-hydrogen) atoms. The van der Waals surface area contributed by atoms with Crippen molar-refractivity contribution < 1.29 is 12.8 Å². The summed E-state index contributed by atoms with van der Waals surface area (Å²) < 4.78 is 33.4. The van der Waals surface area contributed by atoms with Crippen molar-refractivity contribution in [2.75, 3.05) is 20.6 Å². The first-order valence-electron chi connectivity index (χ1n) is 7.19. The van der Waals surface area contributed by atoms with Gasteiger partial charge >= 0.3 is 0 Å². The Kier molecular flexibility index (Phi) is 4.49. The van der Waals surface area contributed by atoms with E-state index in [1.807, 2.05) is 14.1 Å². The van der Waals surface area contributed by atoms with Gasteiger partial charge in [-0.1, -0.05) is 0 Å². The number of hydrogen-bond donors (Lipinski definition) is 2. The highest BCUT2D eigenvalue weighted by Gasteiger charge is 2.40. The highest BCUT2D eigenvalue weighted by molar-refractivity contribution is 7.89. The number of nitrogens with zero attached hydrogens (tertiary/aromatic N) is 1. The highest BCUT2D eigenvalue weighted by Crippen LogP contribution is 2.36. The molecule has 0 saturated heterocycles. The molecule has 7 heteroatoms. The number of aryl methyl sites for hydroxylation is 2. The molecule has 1 heterocycles. The van der Waals surface area contributed by atoms with Crippen molar-refractivity contribution in [2.45, 2.75) is 50.1 Å². The summed E-state index contributed by atoms with van der Waals surface area (Å²) in [7, 11) is 0.378. The van der Waals surface area contributed by atoms with Gasteiger partial charge in [0.05, 0.1) is 0 Å². The van der Waals surface area contributed by atoms with E-state index in [0.717, 1.165) is 19.3 Å². The number of hydrogen-bond acceptors (Lipinski definition) is 5. The summed E-state index contributed by atoms with van der Waals surface area (Å²) in [6, 6.07) is 0. The average molecular weight is 315 g/mol. The Labute approximate surface area is 126 Å². The summed E-state index contributed by atoms with van der Waals surface area (Å²) in [5.74, 6) is 0.967. The molecular weight excluding hydrogens is 290 g/mol. The van der Waals surface area contributed by atoms with E-state index in [1.165, 1.54) is 0 Å². The zero-order chi connectivity index (χ0) is 15.8. The average Bonchev–Trinajstić information content (AvgIpc) is 2.62. The molecule has 1 fully saturated rings. The summed E-state index contributed by atoms with van der Waals surface area (Å²) >= 11 is 0. The van der Waals surface area contributed by atoms with Crippen molar-refractivity contribution in [2.24, 2.45) is 5.73 Å². The number of likely N-dealkylation sites (N-methyl/N-ethyl adjacent to an activating group) is 1. The van der Waals surface area contributed by atoms with Crippen molar-refractivity contribution in [3.63, 3.8) is 0 Å². The predicted octanol–water partition coefficient (Wildman–Crippen LogP) is 1.12. The molecule has 120 valence electrons. The molecule has 1 aliphatic carbocycles. The van der Waals surface area contributed by atoms with Crippen LogP contribution in [0.2, 0.25) is 0 Å². The number of rotatable bonds is 6. The fourth-order valence-electron chi connectivity index (χ4n) is 2.97. The van der Waals surface area contributed by atoms with E-state index in [2.05, 4.69) is 9.62 Å². The maximum Gasteiger partial charge on any atom is 0.244 e. The minimum Gasteiger partial charge on any atom is -0.465 e. The van der Waals surface area contributed by atoms with Crippen LogP contribution in [-0.4, -0.2) is 39.5 Å². The van der Waals surface area contributed by atoms with Gasteiger partial charge in [0.15, 0.2) is 0 Å². The summed E-state index contributed by atoms with van der Waals surface area (Å²) in [5, 5.41) is 0. The summed E-state index contributed by atoms with van der Waals surface area (Å²) in [5.41, 5.74) is 6.16. The molecule has 0 amide bonds. The molecule has 0 atom stereocenters. The first-order chi connectivity index (χ1) is 9.73. The molecule has 6 nitrogen and oxygen atoms in total. The van der Waals surface area contributed by atoms with Crippen LogP contribution in [0.15, 0.2) is 9.31 Å². The van der Waals surface area contributed by atoms with Gasteiger partial charge in [-0.3, -0.25) is 0 Å². The smallest absolute Gasteiger partial charge is 0.244 e. The minimum absolute atomic E-state index is 0.0668. The second kappa shape index (κ2) is 5.72. The van der Waals surface area contributed by atoms with Crippen molar-refractivity contribution in [1.29, 1.82) is 0 Å². The molecular formula is C14H25N3O3S. The fraction of sp³-hybridized carbons (Fsp3) is 0.714. The second-order valence-corrected chi connectivity index (χ2v) is 7.73. The van der Waals surface area contributed by atoms with Crippen molar-refractivity contribution in [3.05, 3.63) is 17.1 Å². The number of furan rings is 1. The molecule has 1 aromatic heterocycles. The first-order valence-corrected chi connectivity index (χ1v) is 8.68. The first kappa shape index (κ1) is 16.5. The molecule has 1 saturated carbocycles. The van der Waals surface area contributed by atoms with Crippen LogP contribution >= 0.6 is 0 Å². The maximum atomic E-state index is 12.6. The van der Waals surface area contributed by atoms with Crippen LogP contribution in [0.3, 0.4) is 0 Å². The van der Waals surface area contributed by atoms with E-state index in [4.69, 9.17) is 10.2 Å². The van der Waals surface area contributed by atoms with Crippen LogP contribution in [-0.2, 0) is 16.6 Å². The normalized spacial score (nSPS) is 18.0. The summed E-state index contributed by atoms with van der Waals surface area (Å²) in [6.45, 7) is 3.96. The van der Waals surface area contributed by atoms with Crippen LogP contribution in [0.5, 0.6) is 0 Å². The number of nitrogens with two attached hydrogens (primary N) is 1. The summed E-state index contributed by atoms with van der Waals surface area (Å²) in [6.07, 6.45) is 3.16. The SMILES string of the molecule is Cc1oc(C)c(S(=O)(=O)NCC2(N(C)C)CCC2)c1CN. The van der Waals surface area contributed by atoms with Gasteiger partial charge in [0.2, 0.25) is 10.0 Å². The largest absolute Gasteiger partial charge is 0.465 e. The zero-order valence-electron chi connectivity index (χ0n) is 13.2. The second-order valence-electron chi connectivity index (χ2n) is 6.02. The zero-order valence-corrected chi connectivity index (χ0v) is 14.0. The predicted molar refractivity (Wildman–Crippen MR) is 81.5 cm³/mol. The Balaban J connectivity index is 2.24. The lowest BCUT2D eigenvalue weighted by atomic mass is 9.76.